The van der Waals surface area contributed by atoms with Crippen LogP contribution in [0.25, 0.3) is 11.0 Å². The maximum atomic E-state index is 10.2. The van der Waals surface area contributed by atoms with Crippen molar-refractivity contribution in [1.29, 1.82) is 0 Å². The van der Waals surface area contributed by atoms with Gasteiger partial charge in [0.2, 0.25) is 0 Å². The smallest absolute Gasteiger partial charge is 0.119 e. The molecule has 5 nitrogen and oxygen atoms in total. The topological polar surface area (TPSA) is 73.3 Å². The van der Waals surface area contributed by atoms with E-state index >= 15 is 0 Å². The summed E-state index contributed by atoms with van der Waals surface area (Å²) in [7, 11) is 0. The average molecular weight is 297 g/mol. The lowest BCUT2D eigenvalue weighted by atomic mass is 10.3. The highest BCUT2D eigenvalue weighted by molar-refractivity contribution is 5.75. The molecule has 0 unspecified atom stereocenters. The van der Waals surface area contributed by atoms with Crippen LogP contribution in [-0.4, -0.2) is 27.4 Å². The number of nitrogen functional groups attached to an aromatic ring is 1. The lowest BCUT2D eigenvalue weighted by molar-refractivity contribution is 0.0929. The molecule has 0 amide bonds. The van der Waals surface area contributed by atoms with Crippen LogP contribution < -0.4 is 10.5 Å². The Bertz CT molecular complexity index is 765. The molecule has 1 atom stereocenters. The summed E-state index contributed by atoms with van der Waals surface area (Å²) in [6.07, 6.45) is -0.617. The minimum Gasteiger partial charge on any atom is -0.491 e. The van der Waals surface area contributed by atoms with Gasteiger partial charge in [-0.2, -0.15) is 0 Å². The molecule has 114 valence electrons. The van der Waals surface area contributed by atoms with Gasteiger partial charge in [-0.25, -0.2) is 4.98 Å². The quantitative estimate of drug-likeness (QED) is 0.709. The van der Waals surface area contributed by atoms with Gasteiger partial charge >= 0.3 is 0 Å². The molecule has 0 aliphatic carbocycles. The molecule has 0 spiro atoms. The van der Waals surface area contributed by atoms with Crippen LogP contribution in [0.15, 0.2) is 48.5 Å². The van der Waals surface area contributed by atoms with Crippen LogP contribution in [0.4, 0.5) is 5.69 Å². The predicted molar refractivity (Wildman–Crippen MR) is 86.8 cm³/mol. The summed E-state index contributed by atoms with van der Waals surface area (Å²) >= 11 is 0. The third-order valence-corrected chi connectivity index (χ3v) is 3.56. The van der Waals surface area contributed by atoms with E-state index in [-0.39, 0.29) is 6.61 Å². The minimum atomic E-state index is -0.617. The first kappa shape index (κ1) is 14.4. The number of rotatable bonds is 5. The monoisotopic (exact) mass is 297 g/mol. The molecule has 0 bridgehead atoms. The van der Waals surface area contributed by atoms with Crippen LogP contribution >= 0.6 is 0 Å². The summed E-state index contributed by atoms with van der Waals surface area (Å²) in [5.41, 5.74) is 8.27. The van der Waals surface area contributed by atoms with E-state index in [0.29, 0.717) is 18.0 Å². The van der Waals surface area contributed by atoms with Crippen LogP contribution in [0.5, 0.6) is 5.75 Å². The molecule has 1 heterocycles. The molecule has 0 aliphatic heterocycles. The van der Waals surface area contributed by atoms with Gasteiger partial charge in [-0.3, -0.25) is 0 Å². The number of benzene rings is 2. The van der Waals surface area contributed by atoms with Crippen molar-refractivity contribution in [3.05, 3.63) is 54.4 Å². The summed E-state index contributed by atoms with van der Waals surface area (Å²) in [5.74, 6) is 1.58. The molecule has 0 aliphatic rings. The molecule has 2 aromatic carbocycles. The van der Waals surface area contributed by atoms with E-state index in [9.17, 15) is 5.11 Å². The van der Waals surface area contributed by atoms with Crippen molar-refractivity contribution in [2.45, 2.75) is 19.6 Å². The predicted octanol–water partition coefficient (Wildman–Crippen LogP) is 2.37. The molecular formula is C17H19N3O2. The summed E-state index contributed by atoms with van der Waals surface area (Å²) in [5, 5.41) is 10.2. The van der Waals surface area contributed by atoms with E-state index in [1.165, 1.54) is 0 Å². The number of nitrogens with two attached hydrogens (primary N) is 1. The number of aliphatic hydroxyl groups is 1. The standard InChI is InChI=1S/C17H19N3O2/c1-12-19-16-4-2-3-5-17(16)20(12)10-14(21)11-22-15-8-6-13(18)7-9-15/h2-9,14,21H,10-11,18H2,1H3/t14-/m0/s1. The van der Waals surface area contributed by atoms with Gasteiger partial charge in [0.15, 0.2) is 0 Å². The van der Waals surface area contributed by atoms with Crippen LogP contribution in [0.1, 0.15) is 5.82 Å². The second kappa shape index (κ2) is 6.07. The summed E-state index contributed by atoms with van der Waals surface area (Å²) in [4.78, 5) is 4.49. The number of nitrogens with zero attached hydrogens (tertiary/aromatic N) is 2. The van der Waals surface area contributed by atoms with Crippen LogP contribution in [0.3, 0.4) is 0 Å². The number of hydrogen-bond acceptors (Lipinski definition) is 4. The first-order valence-electron chi connectivity index (χ1n) is 7.22. The maximum absolute atomic E-state index is 10.2. The van der Waals surface area contributed by atoms with Crippen molar-refractivity contribution < 1.29 is 9.84 Å². The Labute approximate surface area is 129 Å². The van der Waals surface area contributed by atoms with E-state index < -0.39 is 6.10 Å². The second-order valence-corrected chi connectivity index (χ2v) is 5.29. The molecule has 3 rings (SSSR count). The molecule has 0 radical (unpaired) electrons. The van der Waals surface area contributed by atoms with Gasteiger partial charge in [-0.1, -0.05) is 12.1 Å². The third-order valence-electron chi connectivity index (χ3n) is 3.56. The Morgan fingerprint density at radius 2 is 1.91 bits per heavy atom. The number of aryl methyl sites for hydroxylation is 1. The van der Waals surface area contributed by atoms with Crippen molar-refractivity contribution in [2.75, 3.05) is 12.3 Å². The molecule has 3 N–H and O–H groups in total. The number of hydrogen-bond donors (Lipinski definition) is 2. The summed E-state index contributed by atoms with van der Waals surface area (Å²) in [6, 6.07) is 15.0. The van der Waals surface area contributed by atoms with Gasteiger partial charge < -0.3 is 20.1 Å². The Hall–Kier alpha value is -2.53. The SMILES string of the molecule is Cc1nc2ccccc2n1C[C@H](O)COc1ccc(N)cc1. The highest BCUT2D eigenvalue weighted by Crippen LogP contribution is 2.17. The highest BCUT2D eigenvalue weighted by Gasteiger charge is 2.12. The van der Waals surface area contributed by atoms with E-state index in [4.69, 9.17) is 10.5 Å². The normalized spacial score (nSPS) is 12.5. The Morgan fingerprint density at radius 3 is 2.68 bits per heavy atom. The largest absolute Gasteiger partial charge is 0.491 e. The number of fused-ring (bicyclic) bond motifs is 1. The van der Waals surface area contributed by atoms with Crippen molar-refractivity contribution in [2.24, 2.45) is 0 Å². The molecular weight excluding hydrogens is 278 g/mol. The van der Waals surface area contributed by atoms with Crippen LogP contribution in [0.2, 0.25) is 0 Å². The van der Waals surface area contributed by atoms with E-state index in [0.717, 1.165) is 16.9 Å². The fraction of sp³-hybridized carbons (Fsp3) is 0.235. The van der Waals surface area contributed by atoms with Gasteiger partial charge in [0.25, 0.3) is 0 Å². The zero-order valence-electron chi connectivity index (χ0n) is 12.4. The molecule has 0 fully saturated rings. The minimum absolute atomic E-state index is 0.218. The Balaban J connectivity index is 1.67. The van der Waals surface area contributed by atoms with Crippen LogP contribution in [0, 0.1) is 6.92 Å². The molecule has 5 heteroatoms. The van der Waals surface area contributed by atoms with Gasteiger partial charge in [0.05, 0.1) is 17.6 Å². The van der Waals surface area contributed by atoms with E-state index in [1.54, 1.807) is 24.3 Å². The molecule has 0 saturated heterocycles. The lowest BCUT2D eigenvalue weighted by Gasteiger charge is -2.15. The third kappa shape index (κ3) is 3.04. The fourth-order valence-electron chi connectivity index (χ4n) is 2.45. The zero-order chi connectivity index (χ0) is 15.5. The van der Waals surface area contributed by atoms with E-state index in [1.807, 2.05) is 35.8 Å². The summed E-state index contributed by atoms with van der Waals surface area (Å²) in [6.45, 7) is 2.60. The molecule has 0 saturated carbocycles. The van der Waals surface area contributed by atoms with E-state index in [2.05, 4.69) is 4.98 Å². The van der Waals surface area contributed by atoms with Gasteiger partial charge in [-0.15, -0.1) is 0 Å². The van der Waals surface area contributed by atoms with Gasteiger partial charge in [-0.05, 0) is 43.3 Å². The molecule has 22 heavy (non-hydrogen) atoms. The second-order valence-electron chi connectivity index (χ2n) is 5.29. The lowest BCUT2D eigenvalue weighted by Crippen LogP contribution is -2.24. The highest BCUT2D eigenvalue weighted by atomic mass is 16.5. The number of imidazole rings is 1. The van der Waals surface area contributed by atoms with Crippen molar-refractivity contribution in [3.63, 3.8) is 0 Å². The first-order valence-corrected chi connectivity index (χ1v) is 7.22. The summed E-state index contributed by atoms with van der Waals surface area (Å²) < 4.78 is 7.59. The van der Waals surface area contributed by atoms with Gasteiger partial charge in [0.1, 0.15) is 24.3 Å². The van der Waals surface area contributed by atoms with Crippen molar-refractivity contribution >= 4 is 16.7 Å². The van der Waals surface area contributed by atoms with Gasteiger partial charge in [0, 0.05) is 5.69 Å². The maximum Gasteiger partial charge on any atom is 0.119 e. The molecule has 3 aromatic rings. The Morgan fingerprint density at radius 1 is 1.18 bits per heavy atom. The number of anilines is 1. The number of aromatic nitrogens is 2. The average Bonchev–Trinajstić information content (AvgIpc) is 2.83. The fourth-order valence-corrected chi connectivity index (χ4v) is 2.45. The Kier molecular flexibility index (Phi) is 3.98. The van der Waals surface area contributed by atoms with Crippen molar-refractivity contribution in [3.8, 4) is 5.75 Å². The number of ether oxygens (including phenoxy) is 1. The molecule has 1 aromatic heterocycles. The zero-order valence-corrected chi connectivity index (χ0v) is 12.4. The van der Waals surface area contributed by atoms with Crippen molar-refractivity contribution in [1.82, 2.24) is 9.55 Å². The first-order chi connectivity index (χ1) is 10.6. The number of aliphatic hydroxyl groups excluding tert-OH is 1. The van der Waals surface area contributed by atoms with Crippen LogP contribution in [-0.2, 0) is 6.54 Å². The number of para-hydroxylation sites is 2.